The van der Waals surface area contributed by atoms with Crippen LogP contribution in [0.2, 0.25) is 0 Å². The molecule has 0 aliphatic carbocycles. The first-order valence-corrected chi connectivity index (χ1v) is 7.47. The highest BCUT2D eigenvalue weighted by Gasteiger charge is 2.26. The topological polar surface area (TPSA) is 61.4 Å². The van der Waals surface area contributed by atoms with Gasteiger partial charge in [0.15, 0.2) is 0 Å². The minimum atomic E-state index is -0.0564. The predicted octanol–water partition coefficient (Wildman–Crippen LogP) is 2.11. The lowest BCUT2D eigenvalue weighted by atomic mass is 9.90. The third-order valence-electron chi connectivity index (χ3n) is 4.08. The van der Waals surface area contributed by atoms with Gasteiger partial charge in [-0.25, -0.2) is 0 Å². The van der Waals surface area contributed by atoms with Gasteiger partial charge < -0.3 is 15.7 Å². The van der Waals surface area contributed by atoms with Crippen molar-refractivity contribution in [2.75, 3.05) is 25.0 Å². The Morgan fingerprint density at radius 1 is 1.50 bits per heavy atom. The van der Waals surface area contributed by atoms with Crippen molar-refractivity contribution >= 4 is 11.6 Å². The molecule has 2 unspecified atom stereocenters. The second-order valence-corrected chi connectivity index (χ2v) is 5.39. The predicted molar refractivity (Wildman–Crippen MR) is 80.8 cm³/mol. The van der Waals surface area contributed by atoms with E-state index in [1.165, 1.54) is 0 Å². The molecule has 0 radical (unpaired) electrons. The molecule has 20 heavy (non-hydrogen) atoms. The smallest absolute Gasteiger partial charge is 0.227 e. The van der Waals surface area contributed by atoms with Gasteiger partial charge in [-0.1, -0.05) is 31.5 Å². The largest absolute Gasteiger partial charge is 0.396 e. The fourth-order valence-corrected chi connectivity index (χ4v) is 2.74. The first-order valence-electron chi connectivity index (χ1n) is 7.47. The average Bonchev–Trinajstić information content (AvgIpc) is 2.50. The monoisotopic (exact) mass is 276 g/mol. The summed E-state index contributed by atoms with van der Waals surface area (Å²) in [6, 6.07) is 8.01. The maximum Gasteiger partial charge on any atom is 0.227 e. The van der Waals surface area contributed by atoms with Crippen LogP contribution in [0.3, 0.4) is 0 Å². The molecule has 0 aromatic heterocycles. The number of benzene rings is 1. The molecular weight excluding hydrogens is 252 g/mol. The first-order chi connectivity index (χ1) is 9.76. The molecule has 1 amide bonds. The Bertz CT molecular complexity index is 448. The van der Waals surface area contributed by atoms with Gasteiger partial charge in [-0.05, 0) is 30.4 Å². The minimum Gasteiger partial charge on any atom is -0.396 e. The maximum absolute atomic E-state index is 12.4. The number of amides is 1. The molecule has 0 spiro atoms. The number of aliphatic hydroxyl groups excluding tert-OH is 1. The molecule has 4 nitrogen and oxygen atoms in total. The molecule has 1 aromatic rings. The zero-order chi connectivity index (χ0) is 14.4. The third kappa shape index (κ3) is 3.51. The Morgan fingerprint density at radius 3 is 3.05 bits per heavy atom. The van der Waals surface area contributed by atoms with E-state index in [0.717, 1.165) is 37.1 Å². The van der Waals surface area contributed by atoms with Crippen LogP contribution in [0.15, 0.2) is 24.3 Å². The highest BCUT2D eigenvalue weighted by Crippen LogP contribution is 2.31. The Kier molecular flexibility index (Phi) is 5.41. The number of carbonyl (C=O) groups is 1. The summed E-state index contributed by atoms with van der Waals surface area (Å²) in [5.74, 6) is 0.412. The van der Waals surface area contributed by atoms with E-state index in [2.05, 4.69) is 17.6 Å². The summed E-state index contributed by atoms with van der Waals surface area (Å²) < 4.78 is 0. The van der Waals surface area contributed by atoms with Crippen LogP contribution in [0.4, 0.5) is 5.69 Å². The molecule has 0 bridgehead atoms. The zero-order valence-electron chi connectivity index (χ0n) is 12.1. The van der Waals surface area contributed by atoms with Crippen molar-refractivity contribution in [2.45, 2.75) is 32.1 Å². The van der Waals surface area contributed by atoms with Gasteiger partial charge in [-0.2, -0.15) is 0 Å². The average molecular weight is 276 g/mol. The Balaban J connectivity index is 1.97. The number of hydrogen-bond donors (Lipinski definition) is 3. The van der Waals surface area contributed by atoms with Crippen molar-refractivity contribution in [2.24, 2.45) is 5.92 Å². The Morgan fingerprint density at radius 2 is 2.30 bits per heavy atom. The first kappa shape index (κ1) is 14.9. The lowest BCUT2D eigenvalue weighted by molar-refractivity contribution is -0.122. The second kappa shape index (κ2) is 7.29. The number of anilines is 1. The van der Waals surface area contributed by atoms with Crippen LogP contribution in [0.5, 0.6) is 0 Å². The number of hydrogen-bond acceptors (Lipinski definition) is 3. The highest BCUT2D eigenvalue weighted by atomic mass is 16.3. The van der Waals surface area contributed by atoms with E-state index < -0.39 is 0 Å². The molecular formula is C16H24N2O2. The molecule has 0 saturated carbocycles. The van der Waals surface area contributed by atoms with Gasteiger partial charge in [0.1, 0.15) is 0 Å². The molecule has 3 N–H and O–H groups in total. The molecule has 2 rings (SSSR count). The van der Waals surface area contributed by atoms with Crippen LogP contribution in [0, 0.1) is 5.92 Å². The van der Waals surface area contributed by atoms with Gasteiger partial charge in [0.25, 0.3) is 0 Å². The molecule has 110 valence electrons. The van der Waals surface area contributed by atoms with Gasteiger partial charge in [0, 0.05) is 25.4 Å². The molecule has 2 atom stereocenters. The Hall–Kier alpha value is -1.55. The van der Waals surface area contributed by atoms with Crippen LogP contribution in [0.25, 0.3) is 0 Å². The quantitative estimate of drug-likeness (QED) is 0.746. The fraction of sp³-hybridized carbons (Fsp3) is 0.562. The lowest BCUT2D eigenvalue weighted by Gasteiger charge is -2.26. The summed E-state index contributed by atoms with van der Waals surface area (Å²) in [6.07, 6.45) is 2.56. The summed E-state index contributed by atoms with van der Waals surface area (Å²) in [6.45, 7) is 3.77. The van der Waals surface area contributed by atoms with Crippen LogP contribution >= 0.6 is 0 Å². The van der Waals surface area contributed by atoms with Crippen LogP contribution in [-0.2, 0) is 4.79 Å². The molecule has 1 heterocycles. The SMILES string of the molecule is CCC(CCO)CNC(=O)C1CCNc2ccccc21. The van der Waals surface area contributed by atoms with E-state index in [0.29, 0.717) is 12.5 Å². The van der Waals surface area contributed by atoms with Gasteiger partial charge in [0.05, 0.1) is 5.92 Å². The fourth-order valence-electron chi connectivity index (χ4n) is 2.74. The van der Waals surface area contributed by atoms with E-state index in [-0.39, 0.29) is 18.4 Å². The van der Waals surface area contributed by atoms with E-state index in [1.54, 1.807) is 0 Å². The van der Waals surface area contributed by atoms with Crippen molar-refractivity contribution in [3.05, 3.63) is 29.8 Å². The third-order valence-corrected chi connectivity index (χ3v) is 4.08. The van der Waals surface area contributed by atoms with Crippen molar-refractivity contribution in [1.82, 2.24) is 5.32 Å². The number of rotatable bonds is 6. The van der Waals surface area contributed by atoms with E-state index >= 15 is 0 Å². The summed E-state index contributed by atoms with van der Waals surface area (Å²) in [7, 11) is 0. The normalized spacial score (nSPS) is 18.8. The zero-order valence-corrected chi connectivity index (χ0v) is 12.1. The summed E-state index contributed by atoms with van der Waals surface area (Å²) >= 11 is 0. The van der Waals surface area contributed by atoms with E-state index in [9.17, 15) is 4.79 Å². The summed E-state index contributed by atoms with van der Waals surface area (Å²) in [5, 5.41) is 15.4. The van der Waals surface area contributed by atoms with Gasteiger partial charge >= 0.3 is 0 Å². The second-order valence-electron chi connectivity index (χ2n) is 5.39. The van der Waals surface area contributed by atoms with Gasteiger partial charge in [-0.15, -0.1) is 0 Å². The van der Waals surface area contributed by atoms with Crippen LogP contribution in [-0.4, -0.2) is 30.7 Å². The lowest BCUT2D eigenvalue weighted by Crippen LogP contribution is -2.36. The van der Waals surface area contributed by atoms with Crippen LogP contribution < -0.4 is 10.6 Å². The molecule has 0 saturated heterocycles. The van der Waals surface area contributed by atoms with Gasteiger partial charge in [0.2, 0.25) is 5.91 Å². The molecule has 0 fully saturated rings. The Labute approximate surface area is 120 Å². The summed E-state index contributed by atoms with van der Waals surface area (Å²) in [5.41, 5.74) is 2.16. The van der Waals surface area contributed by atoms with E-state index in [4.69, 9.17) is 5.11 Å². The maximum atomic E-state index is 12.4. The van der Waals surface area contributed by atoms with Crippen molar-refractivity contribution in [3.63, 3.8) is 0 Å². The number of fused-ring (bicyclic) bond motifs is 1. The number of para-hydroxylation sites is 1. The van der Waals surface area contributed by atoms with Crippen molar-refractivity contribution in [3.8, 4) is 0 Å². The summed E-state index contributed by atoms with van der Waals surface area (Å²) in [4.78, 5) is 12.4. The van der Waals surface area contributed by atoms with E-state index in [1.807, 2.05) is 24.3 Å². The van der Waals surface area contributed by atoms with Crippen molar-refractivity contribution in [1.29, 1.82) is 0 Å². The van der Waals surface area contributed by atoms with Crippen LogP contribution in [0.1, 0.15) is 37.7 Å². The number of nitrogens with one attached hydrogen (secondary N) is 2. The molecule has 1 aliphatic rings. The van der Waals surface area contributed by atoms with Crippen molar-refractivity contribution < 1.29 is 9.90 Å². The molecule has 1 aliphatic heterocycles. The number of carbonyl (C=O) groups excluding carboxylic acids is 1. The standard InChI is InChI=1S/C16H24N2O2/c1-2-12(8-10-19)11-18-16(20)14-7-9-17-15-6-4-3-5-13(14)15/h3-6,12,14,17,19H,2,7-11H2,1H3,(H,18,20). The molecule has 4 heteroatoms. The molecule has 1 aromatic carbocycles. The highest BCUT2D eigenvalue weighted by molar-refractivity contribution is 5.86. The minimum absolute atomic E-state index is 0.0564. The number of aliphatic hydroxyl groups is 1. The van der Waals surface area contributed by atoms with Gasteiger partial charge in [-0.3, -0.25) is 4.79 Å².